The van der Waals surface area contributed by atoms with Crippen LogP contribution in [0.15, 0.2) is 18.2 Å². The fourth-order valence-electron chi connectivity index (χ4n) is 1.92. The third-order valence-corrected chi connectivity index (χ3v) is 2.80. The van der Waals surface area contributed by atoms with Gasteiger partial charge in [0.1, 0.15) is 0 Å². The molecular formula is C14H20N2O4. The number of nitrogens with one attached hydrogen (secondary N) is 2. The van der Waals surface area contributed by atoms with Crippen molar-refractivity contribution in [3.63, 3.8) is 0 Å². The first-order valence-corrected chi connectivity index (χ1v) is 6.65. The van der Waals surface area contributed by atoms with E-state index in [1.54, 1.807) is 25.3 Å². The number of fused-ring (bicyclic) bond motifs is 1. The molecule has 0 spiro atoms. The molecule has 2 N–H and O–H groups in total. The third-order valence-electron chi connectivity index (χ3n) is 2.80. The van der Waals surface area contributed by atoms with Crippen molar-refractivity contribution < 1.29 is 19.0 Å². The maximum absolute atomic E-state index is 11.8. The highest BCUT2D eigenvalue weighted by Crippen LogP contribution is 2.32. The summed E-state index contributed by atoms with van der Waals surface area (Å²) in [6, 6.07) is 5.02. The number of urea groups is 1. The van der Waals surface area contributed by atoms with Crippen LogP contribution in [-0.2, 0) is 4.74 Å². The van der Waals surface area contributed by atoms with Crippen LogP contribution < -0.4 is 20.1 Å². The Bertz CT molecular complexity index is 464. The molecular weight excluding hydrogens is 260 g/mol. The van der Waals surface area contributed by atoms with E-state index in [0.717, 1.165) is 6.42 Å². The van der Waals surface area contributed by atoms with Gasteiger partial charge in [-0.2, -0.15) is 0 Å². The Kier molecular flexibility index (Phi) is 5.06. The highest BCUT2D eigenvalue weighted by Gasteiger charge is 2.12. The summed E-state index contributed by atoms with van der Waals surface area (Å²) in [5.74, 6) is 1.37. The molecule has 0 saturated carbocycles. The van der Waals surface area contributed by atoms with Gasteiger partial charge in [-0.25, -0.2) is 4.79 Å². The third kappa shape index (κ3) is 4.03. The molecule has 1 aromatic rings. The molecule has 2 rings (SSSR count). The van der Waals surface area contributed by atoms with Gasteiger partial charge in [0.2, 0.25) is 0 Å². The minimum atomic E-state index is -0.274. The number of hydrogen-bond acceptors (Lipinski definition) is 4. The van der Waals surface area contributed by atoms with E-state index in [0.29, 0.717) is 37.0 Å². The van der Waals surface area contributed by atoms with Gasteiger partial charge < -0.3 is 24.8 Å². The van der Waals surface area contributed by atoms with E-state index >= 15 is 0 Å². The van der Waals surface area contributed by atoms with Crippen molar-refractivity contribution in [3.05, 3.63) is 18.2 Å². The van der Waals surface area contributed by atoms with Gasteiger partial charge in [0.05, 0.1) is 25.9 Å². The molecule has 1 heterocycles. The molecule has 1 aromatic carbocycles. The number of carbonyl (C=O) groups is 1. The second-order valence-corrected chi connectivity index (χ2v) is 4.67. The molecule has 2 amide bonds. The molecule has 1 unspecified atom stereocenters. The van der Waals surface area contributed by atoms with Crippen LogP contribution in [0.1, 0.15) is 13.3 Å². The maximum atomic E-state index is 11.8. The van der Waals surface area contributed by atoms with E-state index in [1.165, 1.54) is 0 Å². The predicted molar refractivity (Wildman–Crippen MR) is 75.5 cm³/mol. The number of hydrogen-bond donors (Lipinski definition) is 2. The minimum Gasteiger partial charge on any atom is -0.490 e. The van der Waals surface area contributed by atoms with E-state index in [9.17, 15) is 4.79 Å². The number of rotatable bonds is 4. The molecule has 110 valence electrons. The zero-order valence-electron chi connectivity index (χ0n) is 11.8. The van der Waals surface area contributed by atoms with Crippen molar-refractivity contribution in [2.45, 2.75) is 19.4 Å². The first-order valence-electron chi connectivity index (χ1n) is 6.65. The quantitative estimate of drug-likeness (QED) is 0.885. The Morgan fingerprint density at radius 1 is 1.35 bits per heavy atom. The topological polar surface area (TPSA) is 68.8 Å². The molecule has 0 bridgehead atoms. The van der Waals surface area contributed by atoms with Crippen LogP contribution in [0.5, 0.6) is 11.5 Å². The Hall–Kier alpha value is -1.95. The summed E-state index contributed by atoms with van der Waals surface area (Å²) < 4.78 is 16.1. The van der Waals surface area contributed by atoms with Gasteiger partial charge in [0.25, 0.3) is 0 Å². The van der Waals surface area contributed by atoms with Crippen molar-refractivity contribution in [1.29, 1.82) is 0 Å². The highest BCUT2D eigenvalue weighted by molar-refractivity contribution is 5.89. The number of amides is 2. The molecule has 6 nitrogen and oxygen atoms in total. The van der Waals surface area contributed by atoms with Crippen LogP contribution in [0.4, 0.5) is 10.5 Å². The molecule has 1 aliphatic rings. The molecule has 0 radical (unpaired) electrons. The summed E-state index contributed by atoms with van der Waals surface area (Å²) in [6.45, 7) is 3.61. The number of methoxy groups -OCH3 is 1. The lowest BCUT2D eigenvalue weighted by Gasteiger charge is -2.14. The number of ether oxygens (including phenoxy) is 3. The molecule has 6 heteroatoms. The predicted octanol–water partition coefficient (Wildman–Crippen LogP) is 2.00. The first kappa shape index (κ1) is 14.5. The van der Waals surface area contributed by atoms with Gasteiger partial charge in [-0.15, -0.1) is 0 Å². The molecule has 20 heavy (non-hydrogen) atoms. The lowest BCUT2D eigenvalue weighted by Crippen LogP contribution is -2.38. The Balaban J connectivity index is 1.96. The van der Waals surface area contributed by atoms with Crippen molar-refractivity contribution in [2.75, 3.05) is 32.2 Å². The standard InChI is InChI=1S/C14H20N2O4/c1-10(9-18-2)15-14(17)16-11-4-5-12-13(8-11)20-7-3-6-19-12/h4-5,8,10H,3,6-7,9H2,1-2H3,(H2,15,16,17). The molecule has 0 aliphatic carbocycles. The van der Waals surface area contributed by atoms with Gasteiger partial charge in [-0.1, -0.05) is 0 Å². The molecule has 0 aromatic heterocycles. The SMILES string of the molecule is COCC(C)NC(=O)Nc1ccc2c(c1)OCCCO2. The molecule has 1 aliphatic heterocycles. The highest BCUT2D eigenvalue weighted by atomic mass is 16.5. The first-order chi connectivity index (χ1) is 9.69. The van der Waals surface area contributed by atoms with Crippen molar-refractivity contribution in [3.8, 4) is 11.5 Å². The van der Waals surface area contributed by atoms with Crippen LogP contribution in [0, 0.1) is 0 Å². The lowest BCUT2D eigenvalue weighted by atomic mass is 10.2. The van der Waals surface area contributed by atoms with Gasteiger partial charge in [0, 0.05) is 25.3 Å². The van der Waals surface area contributed by atoms with Gasteiger partial charge >= 0.3 is 6.03 Å². The average Bonchev–Trinajstić information content (AvgIpc) is 2.63. The fourth-order valence-corrected chi connectivity index (χ4v) is 1.92. The maximum Gasteiger partial charge on any atom is 0.319 e. The second kappa shape index (κ2) is 7.00. The van der Waals surface area contributed by atoms with Crippen LogP contribution >= 0.6 is 0 Å². The summed E-state index contributed by atoms with van der Waals surface area (Å²) in [5.41, 5.74) is 0.663. The lowest BCUT2D eigenvalue weighted by molar-refractivity contribution is 0.173. The van der Waals surface area contributed by atoms with E-state index < -0.39 is 0 Å². The van der Waals surface area contributed by atoms with E-state index in [4.69, 9.17) is 14.2 Å². The van der Waals surface area contributed by atoms with Crippen LogP contribution in [0.3, 0.4) is 0 Å². The Morgan fingerprint density at radius 3 is 2.85 bits per heavy atom. The summed E-state index contributed by atoms with van der Waals surface area (Å²) in [7, 11) is 1.60. The van der Waals surface area contributed by atoms with Gasteiger partial charge in [-0.05, 0) is 19.1 Å². The van der Waals surface area contributed by atoms with Crippen molar-refractivity contribution >= 4 is 11.7 Å². The zero-order valence-corrected chi connectivity index (χ0v) is 11.8. The van der Waals surface area contributed by atoms with Gasteiger partial charge in [0.15, 0.2) is 11.5 Å². The second-order valence-electron chi connectivity index (χ2n) is 4.67. The summed E-state index contributed by atoms with van der Waals surface area (Å²) in [4.78, 5) is 11.8. The van der Waals surface area contributed by atoms with E-state index in [2.05, 4.69) is 10.6 Å². The van der Waals surface area contributed by atoms with Crippen LogP contribution in [0.25, 0.3) is 0 Å². The summed E-state index contributed by atoms with van der Waals surface area (Å²) in [5, 5.41) is 5.54. The molecule has 0 saturated heterocycles. The molecule has 0 fully saturated rings. The number of benzene rings is 1. The Morgan fingerprint density at radius 2 is 2.10 bits per heavy atom. The van der Waals surface area contributed by atoms with Crippen molar-refractivity contribution in [1.82, 2.24) is 5.32 Å². The summed E-state index contributed by atoms with van der Waals surface area (Å²) >= 11 is 0. The van der Waals surface area contributed by atoms with E-state index in [1.807, 2.05) is 6.92 Å². The average molecular weight is 280 g/mol. The van der Waals surface area contributed by atoms with Crippen LogP contribution in [0.2, 0.25) is 0 Å². The number of carbonyl (C=O) groups excluding carboxylic acids is 1. The van der Waals surface area contributed by atoms with Crippen LogP contribution in [-0.4, -0.2) is 39.0 Å². The zero-order chi connectivity index (χ0) is 14.4. The monoisotopic (exact) mass is 280 g/mol. The van der Waals surface area contributed by atoms with Gasteiger partial charge in [-0.3, -0.25) is 0 Å². The Labute approximate surface area is 118 Å². The summed E-state index contributed by atoms with van der Waals surface area (Å²) in [6.07, 6.45) is 0.854. The number of anilines is 1. The van der Waals surface area contributed by atoms with Crippen molar-refractivity contribution in [2.24, 2.45) is 0 Å². The minimum absolute atomic E-state index is 0.0552. The normalized spacial score (nSPS) is 15.1. The largest absolute Gasteiger partial charge is 0.490 e. The smallest absolute Gasteiger partial charge is 0.319 e. The fraction of sp³-hybridized carbons (Fsp3) is 0.500. The molecule has 1 atom stereocenters. The van der Waals surface area contributed by atoms with E-state index in [-0.39, 0.29) is 12.1 Å².